The van der Waals surface area contributed by atoms with Crippen LogP contribution in [0.3, 0.4) is 0 Å². The van der Waals surface area contributed by atoms with Crippen LogP contribution in [0.2, 0.25) is 5.02 Å². The number of benzene rings is 1. The summed E-state index contributed by atoms with van der Waals surface area (Å²) in [5.74, 6) is -0.490. The maximum absolute atomic E-state index is 12.4. The van der Waals surface area contributed by atoms with Crippen LogP contribution in [0.25, 0.3) is 22.1 Å². The molecule has 3 heterocycles. The summed E-state index contributed by atoms with van der Waals surface area (Å²) in [4.78, 5) is 41.0. The van der Waals surface area contributed by atoms with Crippen molar-refractivity contribution in [2.45, 2.75) is 13.5 Å². The van der Waals surface area contributed by atoms with E-state index in [1.54, 1.807) is 12.1 Å². The molecule has 4 aromatic rings. The molecular formula is C17H15ClN6O4. The average molecular weight is 403 g/mol. The second-order valence-corrected chi connectivity index (χ2v) is 6.79. The lowest BCUT2D eigenvalue weighted by Crippen LogP contribution is -2.37. The number of nitrogens with one attached hydrogen (secondary N) is 1. The Morgan fingerprint density at radius 1 is 1.25 bits per heavy atom. The number of rotatable bonds is 3. The molecule has 28 heavy (non-hydrogen) atoms. The van der Waals surface area contributed by atoms with Crippen LogP contribution < -0.4 is 16.6 Å². The number of aromatic nitrogens is 5. The van der Waals surface area contributed by atoms with E-state index in [-0.39, 0.29) is 18.1 Å². The largest absolute Gasteiger partial charge is 0.423 e. The van der Waals surface area contributed by atoms with Gasteiger partial charge in [0.1, 0.15) is 12.1 Å². The topological polar surface area (TPSA) is 117 Å². The Balaban J connectivity index is 1.64. The number of carbonyl (C=O) groups excluding carboxylic acids is 1. The van der Waals surface area contributed by atoms with E-state index < -0.39 is 17.2 Å². The van der Waals surface area contributed by atoms with E-state index in [9.17, 15) is 14.4 Å². The molecular weight excluding hydrogens is 388 g/mol. The van der Waals surface area contributed by atoms with Gasteiger partial charge < -0.3 is 4.42 Å². The first kappa shape index (κ1) is 18.0. The number of hydrogen-bond acceptors (Lipinski definition) is 6. The smallest absolute Gasteiger partial charge is 0.331 e. The van der Waals surface area contributed by atoms with Crippen molar-refractivity contribution in [1.82, 2.24) is 23.9 Å². The molecule has 0 unspecified atom stereocenters. The maximum Gasteiger partial charge on any atom is 0.331 e. The number of hydrogen-bond donors (Lipinski definition) is 1. The predicted molar refractivity (Wildman–Crippen MR) is 103 cm³/mol. The monoisotopic (exact) mass is 402 g/mol. The first-order chi connectivity index (χ1) is 13.3. The molecule has 144 valence electrons. The molecule has 0 aliphatic rings. The van der Waals surface area contributed by atoms with Gasteiger partial charge in [0.2, 0.25) is 5.91 Å². The number of nitrogens with zero attached hydrogens (tertiary/aromatic N) is 5. The van der Waals surface area contributed by atoms with E-state index in [1.165, 1.54) is 29.5 Å². The number of aryl methyl sites for hydroxylation is 2. The zero-order valence-electron chi connectivity index (χ0n) is 15.2. The lowest BCUT2D eigenvalue weighted by atomic mass is 10.2. The third kappa shape index (κ3) is 2.78. The fourth-order valence-electron chi connectivity index (χ4n) is 2.94. The van der Waals surface area contributed by atoms with Crippen molar-refractivity contribution in [2.24, 2.45) is 14.1 Å². The van der Waals surface area contributed by atoms with Gasteiger partial charge in [0.25, 0.3) is 5.56 Å². The van der Waals surface area contributed by atoms with Crippen molar-refractivity contribution in [3.05, 3.63) is 49.8 Å². The highest BCUT2D eigenvalue weighted by Gasteiger charge is 2.17. The molecule has 0 saturated carbocycles. The summed E-state index contributed by atoms with van der Waals surface area (Å²) < 4.78 is 8.98. The summed E-state index contributed by atoms with van der Waals surface area (Å²) in [6.45, 7) is 1.58. The summed E-state index contributed by atoms with van der Waals surface area (Å²) in [6, 6.07) is 3.39. The van der Waals surface area contributed by atoms with E-state index >= 15 is 0 Å². The van der Waals surface area contributed by atoms with Crippen LogP contribution in [0, 0.1) is 6.92 Å². The number of halogens is 1. The highest BCUT2D eigenvalue weighted by atomic mass is 35.5. The summed E-state index contributed by atoms with van der Waals surface area (Å²) in [7, 11) is 2.90. The molecule has 0 saturated heterocycles. The molecule has 10 nitrogen and oxygen atoms in total. The molecule has 1 N–H and O–H groups in total. The average Bonchev–Trinajstić information content (AvgIpc) is 3.22. The Hall–Kier alpha value is -3.40. The van der Waals surface area contributed by atoms with Crippen molar-refractivity contribution in [3.8, 4) is 0 Å². The van der Waals surface area contributed by atoms with Gasteiger partial charge >= 0.3 is 11.7 Å². The lowest BCUT2D eigenvalue weighted by molar-refractivity contribution is -0.117. The predicted octanol–water partition coefficient (Wildman–Crippen LogP) is 1.18. The molecule has 0 bridgehead atoms. The second-order valence-electron chi connectivity index (χ2n) is 6.38. The summed E-state index contributed by atoms with van der Waals surface area (Å²) in [5, 5.41) is 7.13. The zero-order chi connectivity index (χ0) is 20.2. The van der Waals surface area contributed by atoms with Gasteiger partial charge in [0.05, 0.1) is 11.7 Å². The van der Waals surface area contributed by atoms with Crippen LogP contribution >= 0.6 is 11.6 Å². The highest BCUT2D eigenvalue weighted by molar-refractivity contribution is 6.32. The third-order valence-electron chi connectivity index (χ3n) is 4.47. The van der Waals surface area contributed by atoms with E-state index in [0.717, 1.165) is 10.1 Å². The first-order valence-electron chi connectivity index (χ1n) is 8.24. The summed E-state index contributed by atoms with van der Waals surface area (Å²) in [6.07, 6.45) is 1.37. The van der Waals surface area contributed by atoms with Gasteiger partial charge in [-0.05, 0) is 18.6 Å². The SMILES string of the molecule is Cc1cc2nc(NC(=O)Cn3ncc4c3c(=O)n(C)c(=O)n4C)oc2cc1Cl. The van der Waals surface area contributed by atoms with Crippen LogP contribution in [0.5, 0.6) is 0 Å². The molecule has 0 aliphatic carbocycles. The summed E-state index contributed by atoms with van der Waals surface area (Å²) >= 11 is 6.06. The van der Waals surface area contributed by atoms with Crippen molar-refractivity contribution in [3.63, 3.8) is 0 Å². The molecule has 0 atom stereocenters. The minimum Gasteiger partial charge on any atom is -0.423 e. The standard InChI is InChI=1S/C17H15ClN6O4/c1-8-4-10-12(5-9(8)18)28-16(20-10)21-13(25)7-24-14-11(6-19-24)22(2)17(27)23(3)15(14)26/h4-6H,7H2,1-3H3,(H,20,21,25). The van der Waals surface area contributed by atoms with E-state index in [4.69, 9.17) is 16.0 Å². The van der Waals surface area contributed by atoms with Crippen molar-refractivity contribution >= 4 is 45.7 Å². The van der Waals surface area contributed by atoms with E-state index in [2.05, 4.69) is 15.4 Å². The van der Waals surface area contributed by atoms with Gasteiger partial charge in [0, 0.05) is 25.2 Å². The molecule has 11 heteroatoms. The molecule has 0 fully saturated rings. The van der Waals surface area contributed by atoms with Crippen molar-refractivity contribution < 1.29 is 9.21 Å². The molecule has 0 radical (unpaired) electrons. The first-order valence-corrected chi connectivity index (χ1v) is 8.62. The fraction of sp³-hybridized carbons (Fsp3) is 0.235. The van der Waals surface area contributed by atoms with E-state index in [0.29, 0.717) is 21.6 Å². The van der Waals surface area contributed by atoms with Crippen LogP contribution in [-0.2, 0) is 25.4 Å². The Kier molecular flexibility index (Phi) is 4.07. The minimum atomic E-state index is -0.532. The van der Waals surface area contributed by atoms with Gasteiger partial charge in [-0.3, -0.25) is 24.0 Å². The number of carbonyl (C=O) groups is 1. The number of amides is 1. The minimum absolute atomic E-state index is 0.0124. The van der Waals surface area contributed by atoms with Crippen molar-refractivity contribution in [1.29, 1.82) is 0 Å². The van der Waals surface area contributed by atoms with Crippen LogP contribution in [0.1, 0.15) is 5.56 Å². The summed E-state index contributed by atoms with van der Waals surface area (Å²) in [5.41, 5.74) is 1.33. The Morgan fingerprint density at radius 2 is 2.00 bits per heavy atom. The van der Waals surface area contributed by atoms with Crippen molar-refractivity contribution in [2.75, 3.05) is 5.32 Å². The maximum atomic E-state index is 12.4. The Bertz CT molecular complexity index is 1340. The second kappa shape index (κ2) is 6.34. The van der Waals surface area contributed by atoms with Gasteiger partial charge in [-0.2, -0.15) is 10.1 Å². The number of oxazole rings is 1. The van der Waals surface area contributed by atoms with Gasteiger partial charge in [0.15, 0.2) is 11.1 Å². The van der Waals surface area contributed by atoms with Gasteiger partial charge in [-0.15, -0.1) is 0 Å². The molecule has 0 aliphatic heterocycles. The van der Waals surface area contributed by atoms with Crippen LogP contribution in [-0.4, -0.2) is 29.8 Å². The Morgan fingerprint density at radius 3 is 2.75 bits per heavy atom. The molecule has 1 amide bonds. The normalized spacial score (nSPS) is 11.4. The lowest BCUT2D eigenvalue weighted by Gasteiger charge is -2.06. The van der Waals surface area contributed by atoms with Crippen LogP contribution in [0.15, 0.2) is 32.3 Å². The number of anilines is 1. The van der Waals surface area contributed by atoms with Gasteiger partial charge in [-0.1, -0.05) is 11.6 Å². The highest BCUT2D eigenvalue weighted by Crippen LogP contribution is 2.25. The third-order valence-corrected chi connectivity index (χ3v) is 4.88. The fourth-order valence-corrected chi connectivity index (χ4v) is 3.09. The van der Waals surface area contributed by atoms with E-state index in [1.807, 2.05) is 6.92 Å². The molecule has 0 spiro atoms. The van der Waals surface area contributed by atoms with Gasteiger partial charge in [-0.25, -0.2) is 9.48 Å². The number of fused-ring (bicyclic) bond motifs is 2. The van der Waals surface area contributed by atoms with Crippen LogP contribution in [0.4, 0.5) is 6.01 Å². The molecule has 3 aromatic heterocycles. The molecule has 4 rings (SSSR count). The Labute approximate surface area is 161 Å². The quantitative estimate of drug-likeness (QED) is 0.549. The molecule has 1 aromatic carbocycles. The zero-order valence-corrected chi connectivity index (χ0v) is 15.9.